The summed E-state index contributed by atoms with van der Waals surface area (Å²) in [5.41, 5.74) is 4.45. The number of carbonyl (C=O) groups excluding carboxylic acids is 3. The van der Waals surface area contributed by atoms with E-state index in [0.717, 1.165) is 41.8 Å². The van der Waals surface area contributed by atoms with E-state index in [0.29, 0.717) is 24.9 Å². The Morgan fingerprint density at radius 3 is 2.72 bits per heavy atom. The monoisotopic (exact) mass is 413 g/mol. The highest BCUT2D eigenvalue weighted by atomic mass is 32.1. The summed E-state index contributed by atoms with van der Waals surface area (Å²) in [5, 5.41) is 19.0. The summed E-state index contributed by atoms with van der Waals surface area (Å²) in [6, 6.07) is 5.55. The lowest BCUT2D eigenvalue weighted by molar-refractivity contribution is -0.136. The molecule has 152 valence electrons. The van der Waals surface area contributed by atoms with Crippen LogP contribution in [0.2, 0.25) is 0 Å². The topological polar surface area (TPSA) is 98.7 Å². The summed E-state index contributed by atoms with van der Waals surface area (Å²) in [7, 11) is 0. The van der Waals surface area contributed by atoms with Gasteiger partial charge >= 0.3 is 11.8 Å². The maximum absolute atomic E-state index is 12.3. The molecule has 3 heterocycles. The van der Waals surface area contributed by atoms with Gasteiger partial charge in [0.15, 0.2) is 0 Å². The molecule has 2 aromatic rings. The van der Waals surface area contributed by atoms with Crippen molar-refractivity contribution in [3.05, 3.63) is 45.6 Å². The molecule has 0 bridgehead atoms. The minimum atomic E-state index is -0.735. The first-order valence-corrected chi connectivity index (χ1v) is 10.7. The minimum absolute atomic E-state index is 0.152. The summed E-state index contributed by atoms with van der Waals surface area (Å²) < 4.78 is 0. The number of benzene rings is 1. The number of aliphatic hydroxyl groups is 1. The smallest absolute Gasteiger partial charge is 0.313 e. The van der Waals surface area contributed by atoms with Crippen molar-refractivity contribution < 1.29 is 19.5 Å². The molecule has 1 unspecified atom stereocenters. The maximum atomic E-state index is 12.3. The van der Waals surface area contributed by atoms with Gasteiger partial charge in [-0.05, 0) is 71.3 Å². The van der Waals surface area contributed by atoms with Crippen molar-refractivity contribution >= 4 is 40.4 Å². The van der Waals surface area contributed by atoms with Crippen molar-refractivity contribution in [1.82, 2.24) is 5.32 Å². The Bertz CT molecular complexity index is 924. The molecule has 7 nitrogen and oxygen atoms in total. The van der Waals surface area contributed by atoms with E-state index in [1.165, 1.54) is 11.3 Å². The minimum Gasteiger partial charge on any atom is -0.388 e. The average molecular weight is 413 g/mol. The van der Waals surface area contributed by atoms with Crippen molar-refractivity contribution in [2.75, 3.05) is 23.3 Å². The van der Waals surface area contributed by atoms with Crippen molar-refractivity contribution in [2.45, 2.75) is 38.2 Å². The molecule has 8 heteroatoms. The normalized spacial score (nSPS) is 16.2. The van der Waals surface area contributed by atoms with E-state index in [4.69, 9.17) is 0 Å². The lowest BCUT2D eigenvalue weighted by Gasteiger charge is -2.35. The van der Waals surface area contributed by atoms with Gasteiger partial charge in [-0.1, -0.05) is 0 Å². The van der Waals surface area contributed by atoms with Crippen LogP contribution in [0.25, 0.3) is 0 Å². The van der Waals surface area contributed by atoms with Crippen LogP contribution in [0.4, 0.5) is 11.4 Å². The van der Waals surface area contributed by atoms with Crippen LogP contribution in [0, 0.1) is 0 Å². The molecule has 0 aliphatic carbocycles. The Balaban J connectivity index is 1.36. The van der Waals surface area contributed by atoms with Crippen molar-refractivity contribution in [3.63, 3.8) is 0 Å². The molecule has 29 heavy (non-hydrogen) atoms. The number of nitrogens with zero attached hydrogens (tertiary/aromatic N) is 1. The zero-order valence-corrected chi connectivity index (χ0v) is 16.8. The third-order valence-corrected chi connectivity index (χ3v) is 6.07. The van der Waals surface area contributed by atoms with Crippen molar-refractivity contribution in [1.29, 1.82) is 0 Å². The quantitative estimate of drug-likeness (QED) is 0.654. The number of amides is 3. The largest absolute Gasteiger partial charge is 0.388 e. The highest BCUT2D eigenvalue weighted by Gasteiger charge is 2.30. The van der Waals surface area contributed by atoms with Crippen LogP contribution < -0.4 is 15.5 Å². The number of thiophene rings is 1. The Kier molecular flexibility index (Phi) is 5.64. The molecule has 0 spiro atoms. The predicted octanol–water partition coefficient (Wildman–Crippen LogP) is 2.15. The van der Waals surface area contributed by atoms with Gasteiger partial charge < -0.3 is 20.6 Å². The highest BCUT2D eigenvalue weighted by molar-refractivity contribution is 7.07. The fourth-order valence-electron chi connectivity index (χ4n) is 3.95. The predicted molar refractivity (Wildman–Crippen MR) is 111 cm³/mol. The first-order valence-electron chi connectivity index (χ1n) is 9.78. The van der Waals surface area contributed by atoms with Gasteiger partial charge in [-0.3, -0.25) is 14.4 Å². The molecule has 3 N–H and O–H groups in total. The average Bonchev–Trinajstić information content (AvgIpc) is 3.25. The molecule has 1 aromatic carbocycles. The number of aliphatic hydroxyl groups excluding tert-OH is 1. The van der Waals surface area contributed by atoms with Crippen molar-refractivity contribution in [2.24, 2.45) is 0 Å². The molecule has 4 rings (SSSR count). The van der Waals surface area contributed by atoms with E-state index >= 15 is 0 Å². The number of rotatable bonds is 5. The highest BCUT2D eigenvalue weighted by Crippen LogP contribution is 2.37. The standard InChI is InChI=1S/C21H23N3O4S/c25-17(15-6-9-29-12-15)5-7-22-20(27)21(28)23-16-10-13-2-1-8-24-18(26)4-3-14(11-16)19(13)24/h6,9-12,17,25H,1-5,7-8H2,(H,22,27)(H,23,28). The van der Waals surface area contributed by atoms with Gasteiger partial charge in [-0.25, -0.2) is 0 Å². The first-order chi connectivity index (χ1) is 14.0. The Morgan fingerprint density at radius 1 is 1.17 bits per heavy atom. The van der Waals surface area contributed by atoms with E-state index in [9.17, 15) is 19.5 Å². The van der Waals surface area contributed by atoms with Crippen LogP contribution >= 0.6 is 11.3 Å². The fraction of sp³-hybridized carbons (Fsp3) is 0.381. The van der Waals surface area contributed by atoms with Gasteiger partial charge in [0.25, 0.3) is 0 Å². The van der Waals surface area contributed by atoms with Crippen LogP contribution in [0.15, 0.2) is 29.0 Å². The lowest BCUT2D eigenvalue weighted by atomic mass is 9.91. The van der Waals surface area contributed by atoms with Gasteiger partial charge in [0, 0.05) is 25.2 Å². The number of hydrogen-bond acceptors (Lipinski definition) is 5. The molecule has 1 atom stereocenters. The van der Waals surface area contributed by atoms with E-state index in [2.05, 4.69) is 10.6 Å². The molecule has 2 aliphatic heterocycles. The zero-order chi connectivity index (χ0) is 20.4. The SMILES string of the molecule is O=C(NCCC(O)c1ccsc1)C(=O)Nc1cc2c3c(c1)CCC(=O)N3CCC2. The summed E-state index contributed by atoms with van der Waals surface area (Å²) in [4.78, 5) is 38.4. The third kappa shape index (κ3) is 4.18. The molecular weight excluding hydrogens is 390 g/mol. The second-order valence-electron chi connectivity index (χ2n) is 7.36. The summed E-state index contributed by atoms with van der Waals surface area (Å²) in [5.74, 6) is -1.31. The number of aryl methyl sites for hydroxylation is 2. The van der Waals surface area contributed by atoms with Gasteiger partial charge in [-0.2, -0.15) is 11.3 Å². The van der Waals surface area contributed by atoms with E-state index in [-0.39, 0.29) is 12.5 Å². The van der Waals surface area contributed by atoms with Crippen LogP contribution in [0.1, 0.15) is 42.1 Å². The van der Waals surface area contributed by atoms with Crippen LogP contribution in [0.3, 0.4) is 0 Å². The fourth-order valence-corrected chi connectivity index (χ4v) is 4.65. The Morgan fingerprint density at radius 2 is 1.97 bits per heavy atom. The van der Waals surface area contributed by atoms with Gasteiger partial charge in [0.2, 0.25) is 5.91 Å². The lowest BCUT2D eigenvalue weighted by Crippen LogP contribution is -2.39. The van der Waals surface area contributed by atoms with Crippen LogP contribution in [0.5, 0.6) is 0 Å². The van der Waals surface area contributed by atoms with Gasteiger partial charge in [0.05, 0.1) is 11.8 Å². The van der Waals surface area contributed by atoms with Gasteiger partial charge in [-0.15, -0.1) is 0 Å². The Hall–Kier alpha value is -2.71. The molecular formula is C21H23N3O4S. The first kappa shape index (κ1) is 19.6. The number of anilines is 2. The zero-order valence-electron chi connectivity index (χ0n) is 15.9. The number of nitrogens with one attached hydrogen (secondary N) is 2. The molecule has 0 saturated carbocycles. The summed E-state index contributed by atoms with van der Waals surface area (Å²) in [6.07, 6.45) is 2.53. The van der Waals surface area contributed by atoms with Gasteiger partial charge in [0.1, 0.15) is 0 Å². The molecule has 0 fully saturated rings. The molecule has 3 amide bonds. The molecule has 1 aromatic heterocycles. The third-order valence-electron chi connectivity index (χ3n) is 5.37. The summed E-state index contributed by atoms with van der Waals surface area (Å²) >= 11 is 1.50. The van der Waals surface area contributed by atoms with E-state index in [1.54, 1.807) is 0 Å². The van der Waals surface area contributed by atoms with Crippen LogP contribution in [-0.2, 0) is 27.2 Å². The maximum Gasteiger partial charge on any atom is 0.313 e. The number of hydrogen-bond donors (Lipinski definition) is 3. The van der Waals surface area contributed by atoms with E-state index in [1.807, 2.05) is 33.9 Å². The second kappa shape index (κ2) is 8.34. The molecule has 2 aliphatic rings. The molecule has 0 radical (unpaired) electrons. The molecule has 0 saturated heterocycles. The number of carbonyl (C=O) groups is 3. The second-order valence-corrected chi connectivity index (χ2v) is 8.14. The Labute approximate surface area is 172 Å². The van der Waals surface area contributed by atoms with Crippen LogP contribution in [-0.4, -0.2) is 35.9 Å². The van der Waals surface area contributed by atoms with Crippen molar-refractivity contribution in [3.8, 4) is 0 Å². The van der Waals surface area contributed by atoms with E-state index < -0.39 is 17.9 Å². The summed E-state index contributed by atoms with van der Waals surface area (Å²) in [6.45, 7) is 0.944.